The topological polar surface area (TPSA) is 55.1 Å². The van der Waals surface area contributed by atoms with Crippen molar-refractivity contribution >= 4 is 38.4 Å². The highest BCUT2D eigenvalue weighted by Crippen LogP contribution is 2.63. The Kier molecular flexibility index (Phi) is 5.35. The van der Waals surface area contributed by atoms with Gasteiger partial charge in [0, 0.05) is 22.0 Å². The summed E-state index contributed by atoms with van der Waals surface area (Å²) in [6, 6.07) is 14.5. The van der Waals surface area contributed by atoms with Crippen LogP contribution in [0.3, 0.4) is 0 Å². The van der Waals surface area contributed by atoms with E-state index in [2.05, 4.69) is 20.9 Å². The summed E-state index contributed by atoms with van der Waals surface area (Å²) in [5.74, 6) is -4.42. The molecule has 4 nitrogen and oxygen atoms in total. The van der Waals surface area contributed by atoms with Crippen molar-refractivity contribution in [2.45, 2.75) is 24.1 Å². The fourth-order valence-corrected chi connectivity index (χ4v) is 4.76. The highest BCUT2D eigenvalue weighted by molar-refractivity contribution is 9.10. The van der Waals surface area contributed by atoms with Gasteiger partial charge in [0.25, 0.3) is 11.2 Å². The molecule has 11 heteroatoms. The molecule has 180 valence electrons. The van der Waals surface area contributed by atoms with Gasteiger partial charge in [-0.25, -0.2) is 4.98 Å². The van der Waals surface area contributed by atoms with E-state index in [1.165, 1.54) is 6.07 Å². The van der Waals surface area contributed by atoms with Crippen molar-refractivity contribution < 1.29 is 27.1 Å². The van der Waals surface area contributed by atoms with Gasteiger partial charge in [0.2, 0.25) is 0 Å². The van der Waals surface area contributed by atoms with Crippen molar-refractivity contribution in [2.75, 3.05) is 0 Å². The molecule has 1 unspecified atom stereocenters. The summed E-state index contributed by atoms with van der Waals surface area (Å²) in [5.41, 5.74) is -5.96. The van der Waals surface area contributed by atoms with Gasteiger partial charge in [-0.2, -0.15) is 22.0 Å². The number of nitrogens with zero attached hydrogens (tertiary/aromatic N) is 2. The van der Waals surface area contributed by atoms with Crippen LogP contribution in [0.15, 0.2) is 69.9 Å². The van der Waals surface area contributed by atoms with Crippen LogP contribution in [-0.4, -0.2) is 20.8 Å². The molecular weight excluding hydrogens is 559 g/mol. The Morgan fingerprint density at radius 3 is 2.37 bits per heavy atom. The molecule has 3 aromatic carbocycles. The summed E-state index contributed by atoms with van der Waals surface area (Å²) in [4.78, 5) is 18.0. The maximum Gasteiger partial charge on any atom is 0.427 e. The second-order valence-corrected chi connectivity index (χ2v) is 9.39. The van der Waals surface area contributed by atoms with Gasteiger partial charge >= 0.3 is 12.1 Å². The lowest BCUT2D eigenvalue weighted by Gasteiger charge is -2.47. The van der Waals surface area contributed by atoms with Gasteiger partial charge < -0.3 is 5.11 Å². The number of hydrogen-bond donors (Lipinski definition) is 1. The Balaban J connectivity index is 1.76. The summed E-state index contributed by atoms with van der Waals surface area (Å²) in [6.07, 6.45) is -5.46. The smallest absolute Gasteiger partial charge is 0.371 e. The Bertz CT molecular complexity index is 1560. The number of halogens is 7. The summed E-state index contributed by atoms with van der Waals surface area (Å²) in [7, 11) is 0. The van der Waals surface area contributed by atoms with Gasteiger partial charge in [-0.05, 0) is 45.8 Å². The van der Waals surface area contributed by atoms with Crippen molar-refractivity contribution in [2.24, 2.45) is 0 Å². The van der Waals surface area contributed by atoms with Crippen molar-refractivity contribution in [3.63, 3.8) is 0 Å². The third kappa shape index (κ3) is 3.41. The molecule has 0 aliphatic heterocycles. The van der Waals surface area contributed by atoms with Crippen LogP contribution >= 0.6 is 27.5 Å². The Hall–Kier alpha value is -2.82. The van der Waals surface area contributed by atoms with E-state index < -0.39 is 34.4 Å². The molecule has 1 atom stereocenters. The minimum Gasteiger partial charge on any atom is -0.371 e. The Morgan fingerprint density at radius 1 is 1.03 bits per heavy atom. The molecule has 0 saturated heterocycles. The number of benzene rings is 3. The lowest BCUT2D eigenvalue weighted by molar-refractivity contribution is -0.364. The molecule has 4 aromatic rings. The zero-order chi connectivity index (χ0) is 25.3. The first-order chi connectivity index (χ1) is 16.4. The summed E-state index contributed by atoms with van der Waals surface area (Å²) < 4.78 is 70.6. The van der Waals surface area contributed by atoms with E-state index in [-0.39, 0.29) is 28.3 Å². The van der Waals surface area contributed by atoms with Crippen molar-refractivity contribution in [1.82, 2.24) is 9.55 Å². The highest BCUT2D eigenvalue weighted by atomic mass is 79.9. The average Bonchev–Trinajstić information content (AvgIpc) is 2.80. The van der Waals surface area contributed by atoms with E-state index in [4.69, 9.17) is 11.6 Å². The monoisotopic (exact) mass is 570 g/mol. The molecule has 0 fully saturated rings. The zero-order valence-electron chi connectivity index (χ0n) is 17.4. The fraction of sp³-hybridized carbons (Fsp3) is 0.167. The van der Waals surface area contributed by atoms with Gasteiger partial charge in [0.05, 0.1) is 21.6 Å². The predicted octanol–water partition coefficient (Wildman–Crippen LogP) is 6.25. The van der Waals surface area contributed by atoms with E-state index in [9.17, 15) is 31.9 Å². The third-order valence-corrected chi connectivity index (χ3v) is 7.24. The fourth-order valence-electron chi connectivity index (χ4n) is 4.27. The SMILES string of the molecule is O=c1c2cc(Cl)c(Br)cc2nc(Cc2ccccc2)n1-c1ccc2c(c1)C(F)(F)C2(O)C(F)(F)F. The first-order valence-corrected chi connectivity index (χ1v) is 11.3. The summed E-state index contributed by atoms with van der Waals surface area (Å²) in [6.45, 7) is 0. The van der Waals surface area contributed by atoms with Gasteiger partial charge in [0.1, 0.15) is 5.82 Å². The molecule has 1 N–H and O–H groups in total. The van der Waals surface area contributed by atoms with Crippen LogP contribution in [0.5, 0.6) is 0 Å². The molecule has 1 aliphatic rings. The van der Waals surface area contributed by atoms with E-state index in [1.807, 2.05) is 0 Å². The standard InChI is InChI=1S/C24H13BrClF5N2O2/c25-17-11-19-14(10-18(17)26)21(34)33(20(32-19)8-12-4-2-1-3-5-12)13-6-7-15-16(9-13)23(27,28)22(15,35)24(29,30)31/h1-7,9-11,35H,8H2. The van der Waals surface area contributed by atoms with Crippen molar-refractivity contribution in [3.05, 3.63) is 103 Å². The summed E-state index contributed by atoms with van der Waals surface area (Å²) in [5, 5.41) is 10.1. The molecule has 1 aliphatic carbocycles. The Morgan fingerprint density at radius 2 is 1.71 bits per heavy atom. The molecule has 5 rings (SSSR count). The Labute approximate surface area is 207 Å². The van der Waals surface area contributed by atoms with Gasteiger partial charge in [-0.15, -0.1) is 0 Å². The number of aromatic nitrogens is 2. The van der Waals surface area contributed by atoms with Crippen LogP contribution in [0, 0.1) is 0 Å². The first kappa shape index (κ1) is 23.9. The zero-order valence-corrected chi connectivity index (χ0v) is 19.7. The van der Waals surface area contributed by atoms with Crippen molar-refractivity contribution in [3.8, 4) is 5.69 Å². The van der Waals surface area contributed by atoms with E-state index >= 15 is 0 Å². The first-order valence-electron chi connectivity index (χ1n) is 10.1. The van der Waals surface area contributed by atoms with Crippen molar-refractivity contribution in [1.29, 1.82) is 0 Å². The molecule has 0 spiro atoms. The molecule has 1 heterocycles. The van der Waals surface area contributed by atoms with Crippen LogP contribution in [0.1, 0.15) is 22.5 Å². The van der Waals surface area contributed by atoms with Gasteiger partial charge in [-0.3, -0.25) is 9.36 Å². The van der Waals surface area contributed by atoms with Crippen LogP contribution in [0.4, 0.5) is 22.0 Å². The van der Waals surface area contributed by atoms with Gasteiger partial charge in [-0.1, -0.05) is 48.0 Å². The predicted molar refractivity (Wildman–Crippen MR) is 123 cm³/mol. The second kappa shape index (κ2) is 7.84. The van der Waals surface area contributed by atoms with E-state index in [0.717, 1.165) is 28.3 Å². The highest BCUT2D eigenvalue weighted by Gasteiger charge is 2.78. The maximum atomic E-state index is 14.6. The minimum absolute atomic E-state index is 0.0938. The van der Waals surface area contributed by atoms with Crippen LogP contribution in [0.25, 0.3) is 16.6 Å². The van der Waals surface area contributed by atoms with Crippen LogP contribution in [-0.2, 0) is 17.9 Å². The molecule has 0 amide bonds. The van der Waals surface area contributed by atoms with Crippen LogP contribution < -0.4 is 5.56 Å². The molecule has 0 bridgehead atoms. The molecule has 0 radical (unpaired) electrons. The summed E-state index contributed by atoms with van der Waals surface area (Å²) >= 11 is 9.42. The third-order valence-electron chi connectivity index (χ3n) is 6.04. The lowest BCUT2D eigenvalue weighted by atomic mass is 9.69. The van der Waals surface area contributed by atoms with Gasteiger partial charge in [0.15, 0.2) is 0 Å². The average molecular weight is 572 g/mol. The quantitative estimate of drug-likeness (QED) is 0.296. The molecule has 35 heavy (non-hydrogen) atoms. The second-order valence-electron chi connectivity index (χ2n) is 8.13. The largest absolute Gasteiger partial charge is 0.427 e. The normalized spacial score (nSPS) is 18.9. The maximum absolute atomic E-state index is 14.6. The lowest BCUT2D eigenvalue weighted by Crippen LogP contribution is -2.62. The molecule has 0 saturated carbocycles. The van der Waals surface area contributed by atoms with E-state index in [1.54, 1.807) is 36.4 Å². The van der Waals surface area contributed by atoms with Crippen LogP contribution in [0.2, 0.25) is 5.02 Å². The number of fused-ring (bicyclic) bond motifs is 2. The molecular formula is C24H13BrClF5N2O2. The minimum atomic E-state index is -5.59. The number of alkyl halides is 5. The van der Waals surface area contributed by atoms with E-state index in [0.29, 0.717) is 9.99 Å². The number of aliphatic hydroxyl groups is 1. The molecule has 1 aromatic heterocycles. The number of hydrogen-bond acceptors (Lipinski definition) is 3. The number of rotatable bonds is 3.